The second-order valence-corrected chi connectivity index (χ2v) is 6.15. The number of nitrogens with zero attached hydrogens (tertiary/aromatic N) is 1. The van der Waals surface area contributed by atoms with Crippen LogP contribution in [-0.4, -0.2) is 43.5 Å². The number of carboxylic acid groups (broad SMARTS) is 1. The minimum atomic E-state index is -3.55. The molecule has 0 saturated carbocycles. The Kier molecular flexibility index (Phi) is 6.39. The molecule has 0 radical (unpaired) electrons. The second kappa shape index (κ2) is 7.80. The van der Waals surface area contributed by atoms with Crippen LogP contribution in [-0.2, 0) is 14.8 Å². The van der Waals surface area contributed by atoms with E-state index in [1.165, 1.54) is 34.6 Å². The van der Waals surface area contributed by atoms with E-state index in [1.54, 1.807) is 6.92 Å². The summed E-state index contributed by atoms with van der Waals surface area (Å²) >= 11 is 0. The van der Waals surface area contributed by atoms with E-state index in [0.29, 0.717) is 12.3 Å². The molecule has 1 rings (SSSR count). The van der Waals surface area contributed by atoms with Crippen LogP contribution in [0, 0.1) is 0 Å². The Bertz CT molecular complexity index is 580. The van der Waals surface area contributed by atoms with Gasteiger partial charge < -0.3 is 9.84 Å². The highest BCUT2D eigenvalue weighted by molar-refractivity contribution is 7.89. The Labute approximate surface area is 124 Å². The number of hydrogen-bond donors (Lipinski definition) is 1. The number of carboxylic acids is 1. The van der Waals surface area contributed by atoms with Gasteiger partial charge in [0.25, 0.3) is 0 Å². The number of sulfonamides is 1. The van der Waals surface area contributed by atoms with Gasteiger partial charge in [-0.25, -0.2) is 8.42 Å². The Hall–Kier alpha value is -1.86. The fraction of sp³-hybridized carbons (Fsp3) is 0.357. The number of aliphatic carboxylic acids is 1. The minimum Gasteiger partial charge on any atom is -0.493 e. The molecule has 0 atom stereocenters. The van der Waals surface area contributed by atoms with Crippen LogP contribution in [0.3, 0.4) is 0 Å². The highest BCUT2D eigenvalue weighted by Crippen LogP contribution is 2.19. The molecule has 1 aromatic rings. The number of likely N-dealkylation sites (N-methyl/N-ethyl adjacent to an activating group) is 1. The summed E-state index contributed by atoms with van der Waals surface area (Å²) in [6.07, 6.45) is 1.42. The normalized spacial score (nSPS) is 11.3. The van der Waals surface area contributed by atoms with Crippen molar-refractivity contribution in [3.63, 3.8) is 0 Å². The summed E-state index contributed by atoms with van der Waals surface area (Å²) in [6, 6.07) is 5.90. The van der Waals surface area contributed by atoms with Gasteiger partial charge in [0, 0.05) is 13.1 Å². The van der Waals surface area contributed by atoms with Crippen molar-refractivity contribution in [2.75, 3.05) is 19.7 Å². The molecule has 0 aliphatic carbocycles. The number of carbonyl (C=O) groups is 1. The number of benzene rings is 1. The summed E-state index contributed by atoms with van der Waals surface area (Å²) in [5, 5.41) is 8.51. The molecule has 0 spiro atoms. The summed E-state index contributed by atoms with van der Waals surface area (Å²) in [5.74, 6) is -0.515. The van der Waals surface area contributed by atoms with Gasteiger partial charge in [0.05, 0.1) is 17.9 Å². The van der Waals surface area contributed by atoms with Crippen LogP contribution < -0.4 is 4.74 Å². The van der Waals surface area contributed by atoms with Crippen molar-refractivity contribution in [2.45, 2.75) is 18.2 Å². The third-order valence-corrected chi connectivity index (χ3v) is 4.69. The lowest BCUT2D eigenvalue weighted by molar-refractivity contribution is -0.137. The first kappa shape index (κ1) is 17.2. The largest absolute Gasteiger partial charge is 0.493 e. The molecular formula is C14H19NO5S. The third-order valence-electron chi connectivity index (χ3n) is 2.73. The molecule has 0 amide bonds. The first-order chi connectivity index (χ1) is 9.91. The summed E-state index contributed by atoms with van der Waals surface area (Å²) in [5.41, 5.74) is 0. The Morgan fingerprint density at radius 1 is 1.38 bits per heavy atom. The Morgan fingerprint density at radius 3 is 2.48 bits per heavy atom. The highest BCUT2D eigenvalue weighted by Gasteiger charge is 2.21. The SMILES string of the molecule is C=CCN(CC)S(=O)(=O)c1ccc(OCCC(=O)O)cc1. The molecule has 0 unspecified atom stereocenters. The molecule has 6 nitrogen and oxygen atoms in total. The molecule has 0 aromatic heterocycles. The molecule has 0 heterocycles. The number of hydrogen-bond acceptors (Lipinski definition) is 4. The van der Waals surface area contributed by atoms with Crippen LogP contribution in [0.4, 0.5) is 0 Å². The average Bonchev–Trinajstić information content (AvgIpc) is 2.44. The Morgan fingerprint density at radius 2 is 2.00 bits per heavy atom. The third kappa shape index (κ3) is 4.87. The molecule has 0 aliphatic heterocycles. The van der Waals surface area contributed by atoms with Crippen molar-refractivity contribution in [2.24, 2.45) is 0 Å². The van der Waals surface area contributed by atoms with Crippen LogP contribution in [0.15, 0.2) is 41.8 Å². The molecular weight excluding hydrogens is 294 g/mol. The maximum absolute atomic E-state index is 12.3. The van der Waals surface area contributed by atoms with Gasteiger partial charge in [-0.3, -0.25) is 4.79 Å². The summed E-state index contributed by atoms with van der Waals surface area (Å²) in [6.45, 7) is 5.94. The van der Waals surface area contributed by atoms with Gasteiger partial charge >= 0.3 is 5.97 Å². The molecule has 21 heavy (non-hydrogen) atoms. The van der Waals surface area contributed by atoms with E-state index in [-0.39, 0.29) is 24.5 Å². The van der Waals surface area contributed by atoms with E-state index in [2.05, 4.69) is 6.58 Å². The van der Waals surface area contributed by atoms with Crippen molar-refractivity contribution in [1.82, 2.24) is 4.31 Å². The fourth-order valence-electron chi connectivity index (χ4n) is 1.65. The van der Waals surface area contributed by atoms with Crippen molar-refractivity contribution in [1.29, 1.82) is 0 Å². The van der Waals surface area contributed by atoms with E-state index < -0.39 is 16.0 Å². The standard InChI is InChI=1S/C14H19NO5S/c1-3-10-15(4-2)21(18,19)13-7-5-12(6-8-13)20-11-9-14(16)17/h3,5-8H,1,4,9-11H2,2H3,(H,16,17). The highest BCUT2D eigenvalue weighted by atomic mass is 32.2. The van der Waals surface area contributed by atoms with E-state index >= 15 is 0 Å². The molecule has 0 saturated heterocycles. The first-order valence-corrected chi connectivity index (χ1v) is 7.91. The van der Waals surface area contributed by atoms with E-state index in [9.17, 15) is 13.2 Å². The second-order valence-electron chi connectivity index (χ2n) is 4.21. The van der Waals surface area contributed by atoms with Crippen LogP contribution in [0.2, 0.25) is 0 Å². The van der Waals surface area contributed by atoms with Gasteiger partial charge in [-0.1, -0.05) is 13.0 Å². The first-order valence-electron chi connectivity index (χ1n) is 6.47. The lowest BCUT2D eigenvalue weighted by atomic mass is 10.3. The predicted molar refractivity (Wildman–Crippen MR) is 78.8 cm³/mol. The summed E-state index contributed by atoms with van der Waals surface area (Å²) < 4.78 is 31.2. The van der Waals surface area contributed by atoms with E-state index in [0.717, 1.165) is 0 Å². The molecule has 1 aromatic carbocycles. The lowest BCUT2D eigenvalue weighted by Crippen LogP contribution is -2.30. The monoisotopic (exact) mass is 313 g/mol. The van der Waals surface area contributed by atoms with Gasteiger partial charge in [-0.15, -0.1) is 6.58 Å². The van der Waals surface area contributed by atoms with E-state index in [1.807, 2.05) is 0 Å². The fourth-order valence-corrected chi connectivity index (χ4v) is 3.07. The Balaban J connectivity index is 2.81. The van der Waals surface area contributed by atoms with Crippen molar-refractivity contribution >= 4 is 16.0 Å². The smallest absolute Gasteiger partial charge is 0.306 e. The van der Waals surface area contributed by atoms with Crippen LogP contribution >= 0.6 is 0 Å². The number of rotatable bonds is 9. The topological polar surface area (TPSA) is 83.9 Å². The van der Waals surface area contributed by atoms with Crippen LogP contribution in [0.25, 0.3) is 0 Å². The van der Waals surface area contributed by atoms with E-state index in [4.69, 9.17) is 9.84 Å². The molecule has 116 valence electrons. The van der Waals surface area contributed by atoms with Gasteiger partial charge in [-0.2, -0.15) is 4.31 Å². The minimum absolute atomic E-state index is 0.0407. The number of ether oxygens (including phenoxy) is 1. The lowest BCUT2D eigenvalue weighted by Gasteiger charge is -2.18. The van der Waals surface area contributed by atoms with Gasteiger partial charge in [0.1, 0.15) is 5.75 Å². The van der Waals surface area contributed by atoms with Crippen molar-refractivity contribution in [3.8, 4) is 5.75 Å². The van der Waals surface area contributed by atoms with Crippen molar-refractivity contribution in [3.05, 3.63) is 36.9 Å². The van der Waals surface area contributed by atoms with Gasteiger partial charge in [-0.05, 0) is 24.3 Å². The predicted octanol–water partition coefficient (Wildman–Crippen LogP) is 1.74. The average molecular weight is 313 g/mol. The molecule has 0 aliphatic rings. The summed E-state index contributed by atoms with van der Waals surface area (Å²) in [7, 11) is -3.55. The summed E-state index contributed by atoms with van der Waals surface area (Å²) in [4.78, 5) is 10.5. The van der Waals surface area contributed by atoms with Gasteiger partial charge in [0.2, 0.25) is 10.0 Å². The zero-order valence-corrected chi connectivity index (χ0v) is 12.7. The zero-order valence-electron chi connectivity index (χ0n) is 11.9. The molecule has 0 bridgehead atoms. The van der Waals surface area contributed by atoms with Crippen LogP contribution in [0.5, 0.6) is 5.75 Å². The maximum Gasteiger partial charge on any atom is 0.306 e. The quantitative estimate of drug-likeness (QED) is 0.702. The molecule has 0 fully saturated rings. The van der Waals surface area contributed by atoms with Gasteiger partial charge in [0.15, 0.2) is 0 Å². The molecule has 7 heteroatoms. The maximum atomic E-state index is 12.3. The molecule has 1 N–H and O–H groups in total. The van der Waals surface area contributed by atoms with Crippen LogP contribution in [0.1, 0.15) is 13.3 Å². The zero-order chi connectivity index (χ0) is 15.9. The van der Waals surface area contributed by atoms with Crippen molar-refractivity contribution < 1.29 is 23.1 Å².